The fraction of sp³-hybridized carbons (Fsp3) is 0.278. The summed E-state index contributed by atoms with van der Waals surface area (Å²) in [7, 11) is 0. The standard InChI is InChI=1S/C18H23NO/c1-5-13-19-18(14(4)6-2)17(7-3)15-9-8-10-16(20)12-11-15/h7-9,11-13,20H,3-6,10H2,1-2H3/b18-17-,19-13?. The predicted octanol–water partition coefficient (Wildman–Crippen LogP) is 5.20. The molecule has 0 atom stereocenters. The minimum atomic E-state index is 0.354. The number of aliphatic hydroxyl groups is 1. The first-order chi connectivity index (χ1) is 9.63. The van der Waals surface area contributed by atoms with Gasteiger partial charge in [-0.3, -0.25) is 4.99 Å². The normalized spacial score (nSPS) is 16.3. The van der Waals surface area contributed by atoms with Crippen molar-refractivity contribution in [3.8, 4) is 0 Å². The van der Waals surface area contributed by atoms with Crippen molar-refractivity contribution in [2.75, 3.05) is 0 Å². The second kappa shape index (κ2) is 8.16. The highest BCUT2D eigenvalue weighted by molar-refractivity contribution is 5.63. The molecule has 0 heterocycles. The van der Waals surface area contributed by atoms with Crippen molar-refractivity contribution >= 4 is 6.21 Å². The van der Waals surface area contributed by atoms with Crippen molar-refractivity contribution < 1.29 is 5.11 Å². The smallest absolute Gasteiger partial charge is 0.0960 e. The Morgan fingerprint density at radius 2 is 2.15 bits per heavy atom. The fourth-order valence-electron chi connectivity index (χ4n) is 1.85. The van der Waals surface area contributed by atoms with Crippen LogP contribution in [0.2, 0.25) is 0 Å². The van der Waals surface area contributed by atoms with Gasteiger partial charge >= 0.3 is 0 Å². The molecular weight excluding hydrogens is 246 g/mol. The Balaban J connectivity index is 3.36. The Bertz CT molecular complexity index is 528. The molecule has 1 aliphatic rings. The van der Waals surface area contributed by atoms with Crippen LogP contribution in [0.5, 0.6) is 0 Å². The van der Waals surface area contributed by atoms with E-state index in [1.54, 1.807) is 12.2 Å². The SMILES string of the molecule is C=C/C(C1=CC=C(O)CC=C1)=C(/N=CCC)C(=C)CC. The molecule has 0 saturated heterocycles. The summed E-state index contributed by atoms with van der Waals surface area (Å²) >= 11 is 0. The van der Waals surface area contributed by atoms with Crippen LogP contribution in [0.25, 0.3) is 0 Å². The molecule has 0 saturated carbocycles. The van der Waals surface area contributed by atoms with Gasteiger partial charge in [-0.05, 0) is 30.1 Å². The van der Waals surface area contributed by atoms with Gasteiger partial charge in [-0.2, -0.15) is 0 Å². The monoisotopic (exact) mass is 269 g/mol. The zero-order chi connectivity index (χ0) is 15.0. The van der Waals surface area contributed by atoms with Gasteiger partial charge in [-0.15, -0.1) is 0 Å². The third-order valence-corrected chi connectivity index (χ3v) is 3.01. The lowest BCUT2D eigenvalue weighted by molar-refractivity contribution is 0.402. The highest BCUT2D eigenvalue weighted by atomic mass is 16.3. The van der Waals surface area contributed by atoms with Crippen LogP contribution in [0.15, 0.2) is 76.7 Å². The van der Waals surface area contributed by atoms with Crippen LogP contribution in [-0.4, -0.2) is 11.3 Å². The van der Waals surface area contributed by atoms with Crippen LogP contribution in [-0.2, 0) is 0 Å². The van der Waals surface area contributed by atoms with Gasteiger partial charge in [0.1, 0.15) is 0 Å². The first kappa shape index (κ1) is 16.0. The van der Waals surface area contributed by atoms with Crippen molar-refractivity contribution in [1.82, 2.24) is 0 Å². The molecule has 106 valence electrons. The molecule has 1 rings (SSSR count). The molecule has 0 spiro atoms. The van der Waals surface area contributed by atoms with E-state index in [9.17, 15) is 5.11 Å². The van der Waals surface area contributed by atoms with Gasteiger partial charge in [-0.25, -0.2) is 0 Å². The van der Waals surface area contributed by atoms with Gasteiger partial charge in [0.05, 0.1) is 11.5 Å². The number of nitrogens with zero attached hydrogens (tertiary/aromatic N) is 1. The van der Waals surface area contributed by atoms with Gasteiger partial charge in [0.15, 0.2) is 0 Å². The maximum Gasteiger partial charge on any atom is 0.0960 e. The van der Waals surface area contributed by atoms with Gasteiger partial charge in [-0.1, -0.05) is 51.3 Å². The summed E-state index contributed by atoms with van der Waals surface area (Å²) in [6.45, 7) is 12.1. The first-order valence-electron chi connectivity index (χ1n) is 6.98. The van der Waals surface area contributed by atoms with Gasteiger partial charge < -0.3 is 5.11 Å². The molecule has 0 fully saturated rings. The summed E-state index contributed by atoms with van der Waals surface area (Å²) in [4.78, 5) is 4.53. The zero-order valence-corrected chi connectivity index (χ0v) is 12.4. The Labute approximate surface area is 121 Å². The van der Waals surface area contributed by atoms with E-state index >= 15 is 0 Å². The second-order valence-corrected chi connectivity index (χ2v) is 4.53. The molecule has 0 aromatic carbocycles. The van der Waals surface area contributed by atoms with Crippen LogP contribution >= 0.6 is 0 Å². The zero-order valence-electron chi connectivity index (χ0n) is 12.4. The Morgan fingerprint density at radius 1 is 1.40 bits per heavy atom. The lowest BCUT2D eigenvalue weighted by Crippen LogP contribution is -1.94. The van der Waals surface area contributed by atoms with Crippen LogP contribution in [0.1, 0.15) is 33.1 Å². The van der Waals surface area contributed by atoms with Crippen molar-refractivity contribution in [3.63, 3.8) is 0 Å². The van der Waals surface area contributed by atoms with Crippen LogP contribution < -0.4 is 0 Å². The van der Waals surface area contributed by atoms with Crippen LogP contribution in [0, 0.1) is 0 Å². The number of hydrogen-bond acceptors (Lipinski definition) is 2. The highest BCUT2D eigenvalue weighted by Crippen LogP contribution is 2.26. The van der Waals surface area contributed by atoms with E-state index in [-0.39, 0.29) is 0 Å². The third kappa shape index (κ3) is 4.23. The summed E-state index contributed by atoms with van der Waals surface area (Å²) in [5, 5.41) is 9.57. The molecular formula is C18H23NO. The molecule has 0 amide bonds. The third-order valence-electron chi connectivity index (χ3n) is 3.01. The summed E-state index contributed by atoms with van der Waals surface area (Å²) < 4.78 is 0. The Kier molecular flexibility index (Phi) is 6.51. The van der Waals surface area contributed by atoms with Crippen molar-refractivity contribution in [2.45, 2.75) is 33.1 Å². The van der Waals surface area contributed by atoms with Gasteiger partial charge in [0.2, 0.25) is 0 Å². The largest absolute Gasteiger partial charge is 0.512 e. The Hall–Kier alpha value is -2.09. The molecule has 0 aromatic heterocycles. The van der Waals surface area contributed by atoms with E-state index in [2.05, 4.69) is 32.0 Å². The fourth-order valence-corrected chi connectivity index (χ4v) is 1.85. The minimum absolute atomic E-state index is 0.354. The lowest BCUT2D eigenvalue weighted by atomic mass is 9.98. The molecule has 20 heavy (non-hydrogen) atoms. The number of rotatable bonds is 6. The van der Waals surface area contributed by atoms with E-state index in [1.807, 2.05) is 24.4 Å². The second-order valence-electron chi connectivity index (χ2n) is 4.53. The van der Waals surface area contributed by atoms with E-state index < -0.39 is 0 Å². The van der Waals surface area contributed by atoms with Gasteiger partial charge in [0, 0.05) is 18.2 Å². The van der Waals surface area contributed by atoms with Crippen LogP contribution in [0.4, 0.5) is 0 Å². The molecule has 1 N–H and O–H groups in total. The van der Waals surface area contributed by atoms with E-state index in [4.69, 9.17) is 0 Å². The summed E-state index contributed by atoms with van der Waals surface area (Å²) in [5.74, 6) is 0.354. The molecule has 2 nitrogen and oxygen atoms in total. The molecule has 0 bridgehead atoms. The molecule has 2 heteroatoms. The van der Waals surface area contributed by atoms with E-state index in [1.165, 1.54) is 0 Å². The predicted molar refractivity (Wildman–Crippen MR) is 88.0 cm³/mol. The van der Waals surface area contributed by atoms with Crippen molar-refractivity contribution in [3.05, 3.63) is 71.7 Å². The number of allylic oxidation sites excluding steroid dienone is 8. The molecule has 0 aromatic rings. The minimum Gasteiger partial charge on any atom is -0.512 e. The molecule has 1 aliphatic carbocycles. The average molecular weight is 269 g/mol. The summed E-state index contributed by atoms with van der Waals surface area (Å²) in [6, 6.07) is 0. The summed E-state index contributed by atoms with van der Waals surface area (Å²) in [5.41, 5.74) is 3.79. The van der Waals surface area contributed by atoms with Crippen LogP contribution in [0.3, 0.4) is 0 Å². The van der Waals surface area contributed by atoms with E-state index in [0.29, 0.717) is 12.2 Å². The first-order valence-corrected chi connectivity index (χ1v) is 6.98. The summed E-state index contributed by atoms with van der Waals surface area (Å²) in [6.07, 6.45) is 13.5. The average Bonchev–Trinajstić information content (AvgIpc) is 2.67. The lowest BCUT2D eigenvalue weighted by Gasteiger charge is -2.11. The van der Waals surface area contributed by atoms with Gasteiger partial charge in [0.25, 0.3) is 0 Å². The molecule has 0 aliphatic heterocycles. The molecule has 0 unspecified atom stereocenters. The quantitative estimate of drug-likeness (QED) is 0.521. The molecule has 0 radical (unpaired) electrons. The number of aliphatic imine (C=N–C) groups is 1. The highest BCUT2D eigenvalue weighted by Gasteiger charge is 2.09. The number of aliphatic hydroxyl groups excluding tert-OH is 1. The maximum absolute atomic E-state index is 9.57. The number of hydrogen-bond donors (Lipinski definition) is 1. The Morgan fingerprint density at radius 3 is 2.75 bits per heavy atom. The van der Waals surface area contributed by atoms with E-state index in [0.717, 1.165) is 35.3 Å². The van der Waals surface area contributed by atoms with Crippen molar-refractivity contribution in [1.29, 1.82) is 0 Å². The topological polar surface area (TPSA) is 32.6 Å². The van der Waals surface area contributed by atoms with Crippen molar-refractivity contribution in [2.24, 2.45) is 4.99 Å². The maximum atomic E-state index is 9.57.